The van der Waals surface area contributed by atoms with Gasteiger partial charge in [0.15, 0.2) is 6.10 Å². The predicted molar refractivity (Wildman–Crippen MR) is 185 cm³/mol. The molecule has 1 aromatic heterocycles. The molecule has 274 valence electrons. The van der Waals surface area contributed by atoms with Gasteiger partial charge in [-0.05, 0) is 57.7 Å². The summed E-state index contributed by atoms with van der Waals surface area (Å²) in [7, 11) is 1.48. The summed E-state index contributed by atoms with van der Waals surface area (Å²) in [5, 5.41) is 13.5. The highest BCUT2D eigenvalue weighted by atomic mass is 16.6. The molecule has 0 aromatic carbocycles. The van der Waals surface area contributed by atoms with E-state index in [1.165, 1.54) is 26.4 Å². The lowest BCUT2D eigenvalue weighted by atomic mass is 9.69. The zero-order valence-corrected chi connectivity index (χ0v) is 30.3. The fourth-order valence-corrected chi connectivity index (χ4v) is 7.58. The molecule has 1 saturated heterocycles. The maximum absolute atomic E-state index is 13.6. The van der Waals surface area contributed by atoms with E-state index in [0.717, 1.165) is 24.8 Å². The molecule has 49 heavy (non-hydrogen) atoms. The Morgan fingerprint density at radius 3 is 2.51 bits per heavy atom. The van der Waals surface area contributed by atoms with Crippen LogP contribution in [0.5, 0.6) is 0 Å². The molecular formula is C38H58N2O9. The summed E-state index contributed by atoms with van der Waals surface area (Å²) in [4.78, 5) is 42.4. The number of carbonyl (C=O) groups excluding carboxylic acids is 3. The Labute approximate surface area is 291 Å². The van der Waals surface area contributed by atoms with E-state index in [-0.39, 0.29) is 17.8 Å². The molecule has 3 N–H and O–H groups in total. The highest BCUT2D eigenvalue weighted by Crippen LogP contribution is 2.53. The van der Waals surface area contributed by atoms with Crippen LogP contribution in [0.3, 0.4) is 0 Å². The van der Waals surface area contributed by atoms with Crippen molar-refractivity contribution in [2.75, 3.05) is 13.7 Å². The third kappa shape index (κ3) is 9.35. The number of aliphatic hydroxyl groups is 1. The van der Waals surface area contributed by atoms with Gasteiger partial charge in [0.1, 0.15) is 30.1 Å². The Morgan fingerprint density at radius 1 is 1.10 bits per heavy atom. The molecule has 3 heterocycles. The molecule has 11 heteroatoms. The molecule has 2 aliphatic heterocycles. The SMILES string of the molecule is CCCCCCCCNC(=O)O[C@H](C)[C@H]1OC(=O)[C@@H](OC)C[C@H]2C=C[C@@H]3C[C@]2(O[C@H]3[C@H](OC(=O)c2ccc[nH]2)[C@H](C)[C@H](C)O)/C(C)=C/[C@H]1C. The number of aliphatic hydroxyl groups excluding tert-OH is 1. The fourth-order valence-electron chi connectivity index (χ4n) is 7.58. The Bertz CT molecular complexity index is 1290. The summed E-state index contributed by atoms with van der Waals surface area (Å²) in [5.74, 6) is -2.18. The number of carbonyl (C=O) groups is 3. The third-order valence-corrected chi connectivity index (χ3v) is 10.7. The number of nitrogens with one attached hydrogen (secondary N) is 2. The van der Waals surface area contributed by atoms with E-state index in [1.807, 2.05) is 26.8 Å². The van der Waals surface area contributed by atoms with Crippen molar-refractivity contribution in [3.8, 4) is 0 Å². The molecule has 4 rings (SSSR count). The number of unbranched alkanes of at least 4 members (excludes halogenated alkanes) is 5. The number of fused-ring (bicyclic) bond motifs is 1. The highest BCUT2D eigenvalue weighted by molar-refractivity contribution is 5.87. The first-order valence-electron chi connectivity index (χ1n) is 18.2. The molecule has 2 bridgehead atoms. The fraction of sp³-hybridized carbons (Fsp3) is 0.711. The average molecular weight is 687 g/mol. The van der Waals surface area contributed by atoms with Gasteiger partial charge >= 0.3 is 18.0 Å². The van der Waals surface area contributed by atoms with Crippen molar-refractivity contribution in [3.63, 3.8) is 0 Å². The van der Waals surface area contributed by atoms with Crippen molar-refractivity contribution in [3.05, 3.63) is 47.8 Å². The second-order valence-electron chi connectivity index (χ2n) is 14.3. The zero-order chi connectivity index (χ0) is 35.7. The normalized spacial score (nSPS) is 31.7. The van der Waals surface area contributed by atoms with Crippen molar-refractivity contribution in [1.29, 1.82) is 0 Å². The van der Waals surface area contributed by atoms with E-state index in [9.17, 15) is 19.5 Å². The molecule has 3 aliphatic rings. The molecule has 1 spiro atoms. The van der Waals surface area contributed by atoms with E-state index in [2.05, 4.69) is 29.4 Å². The number of aromatic nitrogens is 1. The van der Waals surface area contributed by atoms with Gasteiger partial charge in [0.2, 0.25) is 0 Å². The topological polar surface area (TPSA) is 145 Å². The van der Waals surface area contributed by atoms with Gasteiger partial charge in [0, 0.05) is 43.5 Å². The number of H-pyrrole nitrogens is 1. The summed E-state index contributed by atoms with van der Waals surface area (Å²) in [6.45, 7) is 11.9. The molecule has 1 fully saturated rings. The van der Waals surface area contributed by atoms with Gasteiger partial charge in [0.25, 0.3) is 0 Å². The van der Waals surface area contributed by atoms with Crippen LogP contribution in [-0.4, -0.2) is 84.0 Å². The van der Waals surface area contributed by atoms with E-state index >= 15 is 0 Å². The second-order valence-corrected chi connectivity index (χ2v) is 14.3. The minimum Gasteiger partial charge on any atom is -0.456 e. The molecule has 11 atom stereocenters. The highest BCUT2D eigenvalue weighted by Gasteiger charge is 2.57. The van der Waals surface area contributed by atoms with Crippen molar-refractivity contribution >= 4 is 18.0 Å². The van der Waals surface area contributed by atoms with Gasteiger partial charge in [-0.25, -0.2) is 14.4 Å². The number of methoxy groups -OCH3 is 1. The summed E-state index contributed by atoms with van der Waals surface area (Å²) < 4.78 is 30.6. The maximum atomic E-state index is 13.6. The van der Waals surface area contributed by atoms with Gasteiger partial charge in [0.05, 0.1) is 11.7 Å². The molecule has 0 radical (unpaired) electrons. The Balaban J connectivity index is 1.55. The van der Waals surface area contributed by atoms with Gasteiger partial charge < -0.3 is 39.1 Å². The van der Waals surface area contributed by atoms with Crippen LogP contribution in [0.15, 0.2) is 42.1 Å². The Hall–Kier alpha value is -3.15. The molecule has 1 amide bonds. The number of aromatic amines is 1. The van der Waals surface area contributed by atoms with Gasteiger partial charge in [-0.1, -0.05) is 71.1 Å². The van der Waals surface area contributed by atoms with Crippen LogP contribution in [0.2, 0.25) is 0 Å². The standard InChI is InChI=1S/C38H58N2O9/c1-8-9-10-11-12-13-18-40-37(44)46-27(6)32-23(2)20-24(3)38-22-28(16-17-29(38)21-31(45-7)36(43)47-32)34(49-38)33(25(4)26(5)41)48-35(42)30-15-14-19-39-30/h14-17,19-20,23,25-29,31-34,39,41H,8-13,18,21-22H2,1-7H3,(H,40,44)/b24-20+/t23-,25-,26+,27-,28-,29-,31+,32+,33-,34-,38+/m1/s1. The molecule has 11 nitrogen and oxygen atoms in total. The number of esters is 2. The number of cyclic esters (lactones) is 1. The van der Waals surface area contributed by atoms with E-state index in [1.54, 1.807) is 32.2 Å². The second kappa shape index (κ2) is 17.7. The van der Waals surface area contributed by atoms with Crippen molar-refractivity contribution in [1.82, 2.24) is 10.3 Å². The zero-order valence-electron chi connectivity index (χ0n) is 30.3. The van der Waals surface area contributed by atoms with Crippen LogP contribution in [-0.2, 0) is 28.5 Å². The number of amides is 1. The van der Waals surface area contributed by atoms with Gasteiger partial charge in [-0.3, -0.25) is 0 Å². The lowest BCUT2D eigenvalue weighted by Gasteiger charge is -2.41. The predicted octanol–water partition coefficient (Wildman–Crippen LogP) is 6.28. The van der Waals surface area contributed by atoms with Crippen molar-refractivity contribution in [2.24, 2.45) is 23.7 Å². The Kier molecular flexibility index (Phi) is 13.9. The molecule has 1 aliphatic carbocycles. The molecule has 0 unspecified atom stereocenters. The number of ether oxygens (including phenoxy) is 5. The summed E-state index contributed by atoms with van der Waals surface area (Å²) in [6.07, 6.45) is 10.4. The molecule has 0 saturated carbocycles. The monoisotopic (exact) mass is 686 g/mol. The number of hydrogen-bond donors (Lipinski definition) is 3. The van der Waals surface area contributed by atoms with Gasteiger partial charge in [-0.15, -0.1) is 0 Å². The average Bonchev–Trinajstić information content (AvgIpc) is 3.72. The quantitative estimate of drug-likeness (QED) is 0.0841. The Morgan fingerprint density at radius 2 is 1.84 bits per heavy atom. The molecule has 1 aromatic rings. The van der Waals surface area contributed by atoms with Crippen LogP contribution >= 0.6 is 0 Å². The first-order valence-corrected chi connectivity index (χ1v) is 18.2. The largest absolute Gasteiger partial charge is 0.456 e. The number of alkyl carbamates (subject to hydrolysis) is 1. The van der Waals surface area contributed by atoms with E-state index < -0.39 is 66.2 Å². The lowest BCUT2D eigenvalue weighted by molar-refractivity contribution is -0.172. The number of hydrogen-bond acceptors (Lipinski definition) is 9. The summed E-state index contributed by atoms with van der Waals surface area (Å²) in [5.41, 5.74) is 0.433. The van der Waals surface area contributed by atoms with Crippen LogP contribution < -0.4 is 5.32 Å². The smallest absolute Gasteiger partial charge is 0.407 e. The minimum atomic E-state index is -0.891. The molecular weight excluding hydrogens is 628 g/mol. The maximum Gasteiger partial charge on any atom is 0.407 e. The van der Waals surface area contributed by atoms with Crippen LogP contribution in [0.1, 0.15) is 103 Å². The van der Waals surface area contributed by atoms with Crippen LogP contribution in [0.4, 0.5) is 4.79 Å². The van der Waals surface area contributed by atoms with Crippen molar-refractivity contribution < 1.29 is 43.2 Å². The third-order valence-electron chi connectivity index (χ3n) is 10.7. The minimum absolute atomic E-state index is 0.109. The van der Waals surface area contributed by atoms with Gasteiger partial charge in [-0.2, -0.15) is 0 Å². The summed E-state index contributed by atoms with van der Waals surface area (Å²) >= 11 is 0. The summed E-state index contributed by atoms with van der Waals surface area (Å²) in [6, 6.07) is 3.37. The lowest BCUT2D eigenvalue weighted by Crippen LogP contribution is -2.48. The van der Waals surface area contributed by atoms with E-state index in [0.29, 0.717) is 25.1 Å². The van der Waals surface area contributed by atoms with Crippen LogP contribution in [0.25, 0.3) is 0 Å². The van der Waals surface area contributed by atoms with Crippen LogP contribution in [0, 0.1) is 23.7 Å². The number of rotatable bonds is 15. The first kappa shape index (κ1) is 38.6. The van der Waals surface area contributed by atoms with Crippen molar-refractivity contribution in [2.45, 2.75) is 135 Å². The van der Waals surface area contributed by atoms with E-state index in [4.69, 9.17) is 23.7 Å². The first-order chi connectivity index (χ1) is 23.4.